The number of nitrogens with zero attached hydrogens (tertiary/aromatic N) is 1. The molecular weight excluding hydrogens is 414 g/mol. The van der Waals surface area contributed by atoms with Gasteiger partial charge in [0.2, 0.25) is 5.91 Å². The molecule has 1 unspecified atom stereocenters. The van der Waals surface area contributed by atoms with Crippen molar-refractivity contribution in [2.45, 2.75) is 32.0 Å². The Hall–Kier alpha value is -3.45. The highest BCUT2D eigenvalue weighted by Crippen LogP contribution is 2.35. The first-order valence-corrected chi connectivity index (χ1v) is 10.4. The average Bonchev–Trinajstić information content (AvgIpc) is 2.77. The van der Waals surface area contributed by atoms with E-state index in [-0.39, 0.29) is 11.7 Å². The molecule has 1 aliphatic heterocycles. The number of ether oxygens (including phenoxy) is 2. The first-order chi connectivity index (χ1) is 15.4. The quantitative estimate of drug-likeness (QED) is 0.491. The summed E-state index contributed by atoms with van der Waals surface area (Å²) in [6, 6.07) is 23.2. The van der Waals surface area contributed by atoms with Gasteiger partial charge in [0, 0.05) is 30.4 Å². The Balaban J connectivity index is 1.43. The normalized spacial score (nSPS) is 18.1. The van der Waals surface area contributed by atoms with E-state index in [4.69, 9.17) is 4.74 Å². The van der Waals surface area contributed by atoms with E-state index in [1.54, 1.807) is 30.3 Å². The second-order valence-corrected chi connectivity index (χ2v) is 7.83. The Morgan fingerprint density at radius 1 is 1.03 bits per heavy atom. The first kappa shape index (κ1) is 21.8. The Bertz CT molecular complexity index is 1080. The van der Waals surface area contributed by atoms with E-state index < -0.39 is 12.2 Å². The van der Waals surface area contributed by atoms with Crippen molar-refractivity contribution < 1.29 is 23.0 Å². The topological polar surface area (TPSA) is 50.8 Å². The van der Waals surface area contributed by atoms with Crippen LogP contribution in [0.5, 0.6) is 17.2 Å². The summed E-state index contributed by atoms with van der Waals surface area (Å²) >= 11 is 0. The number of carbonyl (C=O) groups excluding carboxylic acids is 1. The van der Waals surface area contributed by atoms with Crippen molar-refractivity contribution in [1.82, 2.24) is 4.90 Å². The highest BCUT2D eigenvalue weighted by atomic mass is 19.3. The summed E-state index contributed by atoms with van der Waals surface area (Å²) in [7, 11) is 0. The van der Waals surface area contributed by atoms with Crippen LogP contribution in [0.15, 0.2) is 78.9 Å². The van der Waals surface area contributed by atoms with Gasteiger partial charge < -0.3 is 14.8 Å². The fourth-order valence-electron chi connectivity index (χ4n) is 3.69. The molecule has 1 amide bonds. The third-order valence-corrected chi connectivity index (χ3v) is 5.68. The number of para-hydroxylation sites is 2. The molecule has 4 rings (SSSR count). The third kappa shape index (κ3) is 4.89. The van der Waals surface area contributed by atoms with Crippen LogP contribution in [0.1, 0.15) is 18.9 Å². The molecule has 0 radical (unpaired) electrons. The molecule has 1 atom stereocenters. The van der Waals surface area contributed by atoms with Crippen molar-refractivity contribution in [3.8, 4) is 17.2 Å². The van der Waals surface area contributed by atoms with Crippen molar-refractivity contribution in [2.24, 2.45) is 0 Å². The molecule has 0 saturated carbocycles. The molecule has 32 heavy (non-hydrogen) atoms. The maximum absolute atomic E-state index is 13.1. The highest BCUT2D eigenvalue weighted by Gasteiger charge is 2.46. The summed E-state index contributed by atoms with van der Waals surface area (Å²) in [5.74, 6) is 1.29. The first-order valence-electron chi connectivity index (χ1n) is 10.4. The van der Waals surface area contributed by atoms with Crippen molar-refractivity contribution in [1.29, 1.82) is 0 Å². The third-order valence-electron chi connectivity index (χ3n) is 5.68. The maximum atomic E-state index is 13.1. The molecule has 0 spiro atoms. The average molecular weight is 438 g/mol. The summed E-state index contributed by atoms with van der Waals surface area (Å²) in [4.78, 5) is 15.1. The largest absolute Gasteiger partial charge is 0.457 e. The zero-order valence-corrected chi connectivity index (χ0v) is 17.6. The van der Waals surface area contributed by atoms with Crippen molar-refractivity contribution in [3.05, 3.63) is 84.4 Å². The van der Waals surface area contributed by atoms with Crippen LogP contribution in [0, 0.1) is 0 Å². The molecule has 5 nitrogen and oxygen atoms in total. The Labute approximate surface area is 185 Å². The minimum absolute atomic E-state index is 0.128. The SMILES string of the molecule is CC1(C(=O)Nc2cccc(Oc3ccccc3)c2)CCN1Cc1ccccc1OC(F)F. The van der Waals surface area contributed by atoms with Crippen LogP contribution in [-0.4, -0.2) is 29.5 Å². The van der Waals surface area contributed by atoms with E-state index in [1.165, 1.54) is 6.07 Å². The molecule has 1 aliphatic rings. The van der Waals surface area contributed by atoms with E-state index in [0.717, 1.165) is 0 Å². The second kappa shape index (κ2) is 9.36. The molecule has 1 N–H and O–H groups in total. The van der Waals surface area contributed by atoms with Gasteiger partial charge in [-0.05, 0) is 43.7 Å². The van der Waals surface area contributed by atoms with Gasteiger partial charge in [0.15, 0.2) is 0 Å². The van der Waals surface area contributed by atoms with E-state index in [1.807, 2.05) is 54.3 Å². The number of likely N-dealkylation sites (tertiary alicyclic amines) is 1. The molecule has 1 saturated heterocycles. The summed E-state index contributed by atoms with van der Waals surface area (Å²) in [5, 5.41) is 2.96. The van der Waals surface area contributed by atoms with Crippen LogP contribution in [0.25, 0.3) is 0 Å². The monoisotopic (exact) mass is 438 g/mol. The van der Waals surface area contributed by atoms with E-state index >= 15 is 0 Å². The number of anilines is 1. The van der Waals surface area contributed by atoms with E-state index in [0.29, 0.717) is 42.3 Å². The fourth-order valence-corrected chi connectivity index (χ4v) is 3.69. The van der Waals surface area contributed by atoms with Gasteiger partial charge in [-0.3, -0.25) is 9.69 Å². The van der Waals surface area contributed by atoms with Crippen LogP contribution >= 0.6 is 0 Å². The number of hydrogen-bond donors (Lipinski definition) is 1. The molecule has 1 fully saturated rings. The van der Waals surface area contributed by atoms with Crippen LogP contribution in [0.3, 0.4) is 0 Å². The zero-order valence-electron chi connectivity index (χ0n) is 17.6. The molecule has 3 aromatic rings. The smallest absolute Gasteiger partial charge is 0.387 e. The maximum Gasteiger partial charge on any atom is 0.387 e. The molecular formula is C25H24F2N2O3. The van der Waals surface area contributed by atoms with Gasteiger partial charge in [-0.2, -0.15) is 8.78 Å². The number of rotatable bonds is 8. The van der Waals surface area contributed by atoms with Gasteiger partial charge in [0.05, 0.1) is 5.54 Å². The van der Waals surface area contributed by atoms with Crippen molar-refractivity contribution >= 4 is 11.6 Å². The lowest BCUT2D eigenvalue weighted by atomic mass is 9.85. The number of benzene rings is 3. The van der Waals surface area contributed by atoms with Gasteiger partial charge in [0.1, 0.15) is 17.2 Å². The lowest BCUT2D eigenvalue weighted by molar-refractivity contribution is -0.136. The van der Waals surface area contributed by atoms with E-state index in [9.17, 15) is 13.6 Å². The fraction of sp³-hybridized carbons (Fsp3) is 0.240. The number of halogens is 2. The number of alkyl halides is 2. The minimum Gasteiger partial charge on any atom is -0.457 e. The van der Waals surface area contributed by atoms with Gasteiger partial charge in [-0.15, -0.1) is 0 Å². The Kier molecular flexibility index (Phi) is 6.37. The summed E-state index contributed by atoms with van der Waals surface area (Å²) in [5.41, 5.74) is 0.483. The molecule has 7 heteroatoms. The standard InChI is InChI=1S/C25H24F2N2O3/c1-25(14-15-29(25)17-18-8-5-6-13-22(18)32-24(26)27)23(30)28-19-9-7-12-21(16-19)31-20-10-3-2-4-11-20/h2-13,16,24H,14-15,17H2,1H3,(H,28,30). The predicted molar refractivity (Wildman–Crippen MR) is 118 cm³/mol. The molecule has 3 aromatic carbocycles. The number of amides is 1. The molecule has 0 aliphatic carbocycles. The molecule has 1 heterocycles. The van der Waals surface area contributed by atoms with Crippen LogP contribution in [0.4, 0.5) is 14.5 Å². The molecule has 0 aromatic heterocycles. The van der Waals surface area contributed by atoms with Crippen LogP contribution < -0.4 is 14.8 Å². The van der Waals surface area contributed by atoms with Gasteiger partial charge in [-0.25, -0.2) is 0 Å². The lowest BCUT2D eigenvalue weighted by Gasteiger charge is -2.49. The highest BCUT2D eigenvalue weighted by molar-refractivity contribution is 5.98. The van der Waals surface area contributed by atoms with Crippen LogP contribution in [-0.2, 0) is 11.3 Å². The number of nitrogens with one attached hydrogen (secondary N) is 1. The number of carbonyl (C=O) groups is 1. The Morgan fingerprint density at radius 3 is 2.47 bits per heavy atom. The minimum atomic E-state index is -2.90. The predicted octanol–water partition coefficient (Wildman–Crippen LogP) is 5.68. The summed E-state index contributed by atoms with van der Waals surface area (Å²) < 4.78 is 35.9. The van der Waals surface area contributed by atoms with E-state index in [2.05, 4.69) is 10.1 Å². The Morgan fingerprint density at radius 2 is 1.75 bits per heavy atom. The van der Waals surface area contributed by atoms with Gasteiger partial charge >= 0.3 is 6.61 Å². The second-order valence-electron chi connectivity index (χ2n) is 7.83. The van der Waals surface area contributed by atoms with Gasteiger partial charge in [-0.1, -0.05) is 42.5 Å². The summed E-state index contributed by atoms with van der Waals surface area (Å²) in [6.07, 6.45) is 0.664. The molecule has 0 bridgehead atoms. The zero-order chi connectivity index (χ0) is 22.6. The van der Waals surface area contributed by atoms with Gasteiger partial charge in [0.25, 0.3) is 0 Å². The lowest BCUT2D eigenvalue weighted by Crippen LogP contribution is -2.63. The van der Waals surface area contributed by atoms with Crippen molar-refractivity contribution in [3.63, 3.8) is 0 Å². The summed E-state index contributed by atoms with van der Waals surface area (Å²) in [6.45, 7) is -0.0199. The van der Waals surface area contributed by atoms with Crippen molar-refractivity contribution in [2.75, 3.05) is 11.9 Å². The van der Waals surface area contributed by atoms with Crippen LogP contribution in [0.2, 0.25) is 0 Å². The number of hydrogen-bond acceptors (Lipinski definition) is 4. The molecule has 166 valence electrons.